The van der Waals surface area contributed by atoms with E-state index in [2.05, 4.69) is 71.5 Å². The van der Waals surface area contributed by atoms with E-state index in [1.807, 2.05) is 0 Å². The van der Waals surface area contributed by atoms with Crippen molar-refractivity contribution < 1.29 is 19.1 Å². The van der Waals surface area contributed by atoms with E-state index in [1.54, 1.807) is 0 Å². The van der Waals surface area contributed by atoms with Crippen LogP contribution in [-0.2, 0) is 19.1 Å². The van der Waals surface area contributed by atoms with Gasteiger partial charge in [0.1, 0.15) is 18.4 Å². The Morgan fingerprint density at radius 1 is 0.930 bits per heavy atom. The molecule has 0 radical (unpaired) electrons. The number of carbonyl (C=O) groups is 3. The molecule has 2 bridgehead atoms. The van der Waals surface area contributed by atoms with Gasteiger partial charge in [-0.25, -0.2) is 0 Å². The molecule has 0 spiro atoms. The lowest BCUT2D eigenvalue weighted by atomic mass is 9.34. The van der Waals surface area contributed by atoms with E-state index >= 15 is 0 Å². The molecular formula is C36H51N3O4. The Morgan fingerprint density at radius 3 is 2.23 bits per heavy atom. The third-order valence-electron chi connectivity index (χ3n) is 14.1. The maximum absolute atomic E-state index is 14.0. The van der Waals surface area contributed by atoms with Crippen molar-refractivity contribution in [3.63, 3.8) is 0 Å². The van der Waals surface area contributed by atoms with Gasteiger partial charge in [0.05, 0.1) is 11.0 Å². The van der Waals surface area contributed by atoms with Gasteiger partial charge in [-0.3, -0.25) is 25.2 Å². The predicted molar refractivity (Wildman–Crippen MR) is 163 cm³/mol. The number of hydrazine groups is 1. The number of carbonyl (C=O) groups excluding carboxylic acids is 3. The topological polar surface area (TPSA) is 112 Å². The molecule has 43 heavy (non-hydrogen) atoms. The molecule has 5 fully saturated rings. The van der Waals surface area contributed by atoms with Crippen LogP contribution >= 0.6 is 0 Å². The Morgan fingerprint density at radius 2 is 1.60 bits per heavy atom. The number of epoxide rings is 1. The van der Waals surface area contributed by atoms with Crippen molar-refractivity contribution in [2.75, 3.05) is 6.61 Å². The Balaban J connectivity index is 1.51. The molecule has 4 unspecified atom stereocenters. The van der Waals surface area contributed by atoms with Gasteiger partial charge >= 0.3 is 0 Å². The lowest BCUT2D eigenvalue weighted by Crippen LogP contribution is -2.64. The van der Waals surface area contributed by atoms with Gasteiger partial charge in [-0.1, -0.05) is 54.5 Å². The van der Waals surface area contributed by atoms with Gasteiger partial charge < -0.3 is 4.74 Å². The third kappa shape index (κ3) is 4.28. The monoisotopic (exact) mass is 589 g/mol. The van der Waals surface area contributed by atoms with E-state index in [4.69, 9.17) is 4.74 Å². The predicted octanol–water partition coefficient (Wildman–Crippen LogP) is 6.56. The number of rotatable bonds is 1. The van der Waals surface area contributed by atoms with E-state index < -0.39 is 10.8 Å². The normalized spacial score (nSPS) is 45.7. The number of hydrogen-bond donors (Lipinski definition) is 2. The van der Waals surface area contributed by atoms with Gasteiger partial charge in [0.2, 0.25) is 11.8 Å². The molecule has 8 atom stereocenters. The van der Waals surface area contributed by atoms with E-state index in [0.29, 0.717) is 24.0 Å². The van der Waals surface area contributed by atoms with Crippen molar-refractivity contribution in [2.45, 2.75) is 113 Å². The van der Waals surface area contributed by atoms with E-state index in [0.717, 1.165) is 63.5 Å². The van der Waals surface area contributed by atoms with Crippen LogP contribution < -0.4 is 10.9 Å². The molecule has 1 aliphatic heterocycles. The minimum Gasteiger partial charge on any atom is -0.486 e. The fraction of sp³-hybridized carbons (Fsp3) is 0.778. The van der Waals surface area contributed by atoms with Crippen LogP contribution in [0, 0.1) is 67.5 Å². The molecule has 1 saturated heterocycles. The highest BCUT2D eigenvalue weighted by atomic mass is 16.6. The highest BCUT2D eigenvalue weighted by Gasteiger charge is 2.70. The molecule has 0 aromatic rings. The lowest BCUT2D eigenvalue weighted by molar-refractivity contribution is -0.177. The van der Waals surface area contributed by atoms with E-state index in [1.165, 1.54) is 12.5 Å². The van der Waals surface area contributed by atoms with Gasteiger partial charge in [-0.05, 0) is 109 Å². The van der Waals surface area contributed by atoms with Gasteiger partial charge in [0.25, 0.3) is 0 Å². The summed E-state index contributed by atoms with van der Waals surface area (Å²) >= 11 is 0. The summed E-state index contributed by atoms with van der Waals surface area (Å²) in [6.45, 7) is 18.3. The van der Waals surface area contributed by atoms with Crippen molar-refractivity contribution in [1.29, 1.82) is 5.26 Å². The van der Waals surface area contributed by atoms with Gasteiger partial charge in [0.15, 0.2) is 5.78 Å². The van der Waals surface area contributed by atoms with E-state index in [9.17, 15) is 19.6 Å². The first kappa shape index (κ1) is 30.4. The molecule has 7 nitrogen and oxygen atoms in total. The summed E-state index contributed by atoms with van der Waals surface area (Å²) in [6.07, 6.45) is 10.3. The zero-order valence-corrected chi connectivity index (χ0v) is 27.5. The Kier molecular flexibility index (Phi) is 6.68. The minimum atomic E-state index is -0.592. The first-order valence-electron chi connectivity index (χ1n) is 16.5. The van der Waals surface area contributed by atoms with Crippen LogP contribution in [-0.4, -0.2) is 24.2 Å². The molecule has 2 amide bonds. The van der Waals surface area contributed by atoms with Crippen LogP contribution in [0.1, 0.15) is 113 Å². The summed E-state index contributed by atoms with van der Waals surface area (Å²) in [4.78, 5) is 39.3. The zero-order chi connectivity index (χ0) is 31.4. The molecule has 4 saturated carbocycles. The molecule has 6 aliphatic rings. The van der Waals surface area contributed by atoms with E-state index in [-0.39, 0.29) is 51.1 Å². The Hall–Kier alpha value is -2.62. The van der Waals surface area contributed by atoms with Crippen LogP contribution in [0.15, 0.2) is 23.0 Å². The lowest BCUT2D eigenvalue weighted by Gasteiger charge is -2.69. The highest BCUT2D eigenvalue weighted by Crippen LogP contribution is 2.76. The van der Waals surface area contributed by atoms with Crippen molar-refractivity contribution in [3.8, 4) is 6.07 Å². The van der Waals surface area contributed by atoms with Gasteiger partial charge in [0, 0.05) is 12.3 Å². The molecule has 7 heteroatoms. The fourth-order valence-electron chi connectivity index (χ4n) is 11.8. The molecule has 0 aromatic carbocycles. The number of allylic oxidation sites excluding steroid dienone is 3. The molecule has 1 heterocycles. The summed E-state index contributed by atoms with van der Waals surface area (Å²) in [6, 6.07) is 2.28. The number of nitriles is 1. The van der Waals surface area contributed by atoms with Gasteiger partial charge in [-0.15, -0.1) is 0 Å². The number of ketones is 1. The number of fused-ring (bicyclic) bond motifs is 8. The smallest absolute Gasteiger partial charge is 0.244 e. The summed E-state index contributed by atoms with van der Waals surface area (Å²) in [7, 11) is 0. The van der Waals surface area contributed by atoms with Crippen LogP contribution in [0.5, 0.6) is 0 Å². The third-order valence-corrected chi connectivity index (χ3v) is 14.1. The highest BCUT2D eigenvalue weighted by molar-refractivity contribution is 6.04. The van der Waals surface area contributed by atoms with Crippen molar-refractivity contribution >= 4 is 17.6 Å². The first-order valence-corrected chi connectivity index (χ1v) is 16.5. The standard InChI is InChI=1S/C36H51N3O4/c1-21(40)38-39-30(42)36-13-11-31(2,3)16-22(18-36)28-24(25-20-43-25)15-27-33(6)17-23(19-37)29(41)32(4,5)26(33)9-10-34(27,7)35(28,8)12-14-36/h17,22,26-28H,9-16,18,20H2,1-8H3,(H,38,40)(H,39,42)/b25-24+/t22?,26?,27?,28?,33-,34+,35+,36-/m0/s1. The Labute approximate surface area is 257 Å². The maximum atomic E-state index is 14.0. The fourth-order valence-corrected chi connectivity index (χ4v) is 11.8. The number of nitrogens with one attached hydrogen (secondary N) is 2. The van der Waals surface area contributed by atoms with Crippen molar-refractivity contribution in [1.82, 2.24) is 10.9 Å². The Bertz CT molecular complexity index is 1380. The average Bonchev–Trinajstić information content (AvgIpc) is 3.78. The minimum absolute atomic E-state index is 0.0149. The molecule has 0 aromatic heterocycles. The van der Waals surface area contributed by atoms with Gasteiger partial charge in [-0.2, -0.15) is 5.26 Å². The summed E-state index contributed by atoms with van der Waals surface area (Å²) in [5.41, 5.74) is 5.67. The largest absolute Gasteiger partial charge is 0.486 e. The number of amides is 2. The first-order chi connectivity index (χ1) is 19.9. The number of hydrogen-bond acceptors (Lipinski definition) is 5. The second-order valence-corrected chi connectivity index (χ2v) is 17.2. The molecule has 234 valence electrons. The van der Waals surface area contributed by atoms with Crippen molar-refractivity contribution in [2.24, 2.45) is 56.2 Å². The van der Waals surface area contributed by atoms with Crippen LogP contribution in [0.25, 0.3) is 0 Å². The second kappa shape index (κ2) is 9.44. The number of Topliss-reactive ketones (excluding diaryl/α,β-unsaturated/α-hetero) is 1. The number of ether oxygens (including phenoxy) is 1. The summed E-state index contributed by atoms with van der Waals surface area (Å²) in [5.74, 6) is 1.85. The maximum Gasteiger partial charge on any atom is 0.244 e. The SMILES string of the molecule is CC(=O)NNC(=O)[C@]12CCC(C)(C)CC(C1)C1/C(=C3\CO3)CC3[C@@]4(C)C=C(C#N)C(=O)C(C)(C)C4CC[C@@]3(C)[C@]1(C)CC2. The molecule has 6 rings (SSSR count). The van der Waals surface area contributed by atoms with Crippen LogP contribution in [0.3, 0.4) is 0 Å². The second-order valence-electron chi connectivity index (χ2n) is 17.2. The summed E-state index contributed by atoms with van der Waals surface area (Å²) in [5, 5.41) is 10.1. The molecule has 5 aliphatic carbocycles. The average molecular weight is 590 g/mol. The quantitative estimate of drug-likeness (QED) is 0.266. The zero-order valence-electron chi connectivity index (χ0n) is 27.5. The molecular weight excluding hydrogens is 538 g/mol. The van der Waals surface area contributed by atoms with Crippen molar-refractivity contribution in [3.05, 3.63) is 23.0 Å². The molecule has 2 N–H and O–H groups in total. The van der Waals surface area contributed by atoms with Crippen LogP contribution in [0.4, 0.5) is 0 Å². The summed E-state index contributed by atoms with van der Waals surface area (Å²) < 4.78 is 6.05. The number of nitrogens with zero attached hydrogens (tertiary/aromatic N) is 1. The van der Waals surface area contributed by atoms with Crippen LogP contribution in [0.2, 0.25) is 0 Å².